The molecule has 0 bridgehead atoms. The van der Waals surface area contributed by atoms with Crippen molar-refractivity contribution in [1.29, 1.82) is 0 Å². The molecular weight excluding hydrogens is 204 g/mol. The quantitative estimate of drug-likeness (QED) is 0.769. The molecule has 1 atom stereocenters. The van der Waals surface area contributed by atoms with Gasteiger partial charge in [0.1, 0.15) is 0 Å². The van der Waals surface area contributed by atoms with E-state index in [-0.39, 0.29) is 0 Å². The maximum atomic E-state index is 3.61. The Balaban J connectivity index is 2.46. The van der Waals surface area contributed by atoms with Gasteiger partial charge in [-0.2, -0.15) is 11.3 Å². The summed E-state index contributed by atoms with van der Waals surface area (Å²) in [5.74, 6) is 0. The third-order valence-electron chi connectivity index (χ3n) is 2.45. The molecule has 1 heterocycles. The fourth-order valence-electron chi connectivity index (χ4n) is 1.57. The number of nitrogens with one attached hydrogen (secondary N) is 1. The van der Waals surface area contributed by atoms with E-state index in [2.05, 4.69) is 48.1 Å². The lowest BCUT2D eigenvalue weighted by Crippen LogP contribution is -2.26. The molecule has 1 N–H and O–H groups in total. The zero-order valence-corrected chi connectivity index (χ0v) is 10.8. The van der Waals surface area contributed by atoms with E-state index in [1.807, 2.05) is 0 Å². The summed E-state index contributed by atoms with van der Waals surface area (Å²) in [6.45, 7) is 4.45. The lowest BCUT2D eigenvalue weighted by atomic mass is 10.1. The van der Waals surface area contributed by atoms with E-state index in [0.717, 1.165) is 13.1 Å². The summed E-state index contributed by atoms with van der Waals surface area (Å²) in [7, 11) is 4.26. The fraction of sp³-hybridized carbons (Fsp3) is 0.667. The first-order chi connectivity index (χ1) is 7.24. The maximum absolute atomic E-state index is 3.61. The van der Waals surface area contributed by atoms with Gasteiger partial charge in [0.2, 0.25) is 0 Å². The van der Waals surface area contributed by atoms with Crippen molar-refractivity contribution in [3.05, 3.63) is 22.4 Å². The van der Waals surface area contributed by atoms with Crippen LogP contribution in [0.3, 0.4) is 0 Å². The van der Waals surface area contributed by atoms with Crippen LogP contribution >= 0.6 is 11.3 Å². The van der Waals surface area contributed by atoms with E-state index in [1.54, 1.807) is 11.3 Å². The highest BCUT2D eigenvalue weighted by atomic mass is 32.1. The lowest BCUT2D eigenvalue weighted by Gasteiger charge is -2.19. The molecule has 0 radical (unpaired) electrons. The van der Waals surface area contributed by atoms with Crippen molar-refractivity contribution in [2.45, 2.75) is 25.8 Å². The van der Waals surface area contributed by atoms with E-state index >= 15 is 0 Å². The molecule has 1 aromatic rings. The van der Waals surface area contributed by atoms with Gasteiger partial charge in [0.05, 0.1) is 0 Å². The van der Waals surface area contributed by atoms with Crippen molar-refractivity contribution in [3.63, 3.8) is 0 Å². The number of thiophene rings is 1. The molecule has 0 fully saturated rings. The highest BCUT2D eigenvalue weighted by Crippen LogP contribution is 2.19. The molecule has 0 aliphatic carbocycles. The van der Waals surface area contributed by atoms with Crippen LogP contribution in [0.25, 0.3) is 0 Å². The van der Waals surface area contributed by atoms with Crippen molar-refractivity contribution < 1.29 is 0 Å². The van der Waals surface area contributed by atoms with Gasteiger partial charge in [0.25, 0.3) is 0 Å². The second-order valence-corrected chi connectivity index (χ2v) is 4.94. The lowest BCUT2D eigenvalue weighted by molar-refractivity contribution is 0.361. The highest BCUT2D eigenvalue weighted by molar-refractivity contribution is 7.07. The molecule has 0 aromatic carbocycles. The Morgan fingerprint density at radius 2 is 2.27 bits per heavy atom. The van der Waals surface area contributed by atoms with Crippen molar-refractivity contribution in [2.75, 3.05) is 27.2 Å². The van der Waals surface area contributed by atoms with Gasteiger partial charge in [-0.1, -0.05) is 6.92 Å². The van der Waals surface area contributed by atoms with Gasteiger partial charge in [-0.05, 0) is 62.4 Å². The molecule has 3 heteroatoms. The molecule has 1 aromatic heterocycles. The number of rotatable bonds is 7. The molecule has 0 aliphatic heterocycles. The molecule has 2 nitrogen and oxygen atoms in total. The molecule has 0 saturated heterocycles. The Kier molecular flexibility index (Phi) is 5.91. The minimum atomic E-state index is 0.526. The van der Waals surface area contributed by atoms with Crippen molar-refractivity contribution in [1.82, 2.24) is 10.2 Å². The Hall–Kier alpha value is -0.380. The highest BCUT2D eigenvalue weighted by Gasteiger charge is 2.10. The summed E-state index contributed by atoms with van der Waals surface area (Å²) in [6.07, 6.45) is 2.38. The number of nitrogens with zero attached hydrogens (tertiary/aromatic N) is 1. The van der Waals surface area contributed by atoms with E-state index in [1.165, 1.54) is 18.4 Å². The normalized spacial score (nSPS) is 13.3. The van der Waals surface area contributed by atoms with Crippen LogP contribution < -0.4 is 5.32 Å². The van der Waals surface area contributed by atoms with E-state index in [4.69, 9.17) is 0 Å². The number of hydrogen-bond acceptors (Lipinski definition) is 3. The average Bonchev–Trinajstić information content (AvgIpc) is 2.71. The second kappa shape index (κ2) is 6.99. The molecule has 15 heavy (non-hydrogen) atoms. The predicted molar refractivity (Wildman–Crippen MR) is 68.5 cm³/mol. The van der Waals surface area contributed by atoms with E-state index in [0.29, 0.717) is 6.04 Å². The minimum Gasteiger partial charge on any atom is -0.310 e. The first-order valence-corrected chi connectivity index (χ1v) is 6.58. The zero-order chi connectivity index (χ0) is 11.1. The van der Waals surface area contributed by atoms with E-state index in [9.17, 15) is 0 Å². The third-order valence-corrected chi connectivity index (χ3v) is 3.15. The van der Waals surface area contributed by atoms with Crippen molar-refractivity contribution >= 4 is 11.3 Å². The molecule has 0 saturated carbocycles. The summed E-state index contributed by atoms with van der Waals surface area (Å²) < 4.78 is 0. The van der Waals surface area contributed by atoms with Crippen LogP contribution in [0, 0.1) is 0 Å². The Labute approximate surface area is 97.3 Å². The summed E-state index contributed by atoms with van der Waals surface area (Å²) in [5.41, 5.74) is 1.44. The molecule has 1 unspecified atom stereocenters. The van der Waals surface area contributed by atoms with Gasteiger partial charge in [-0.3, -0.25) is 0 Å². The largest absolute Gasteiger partial charge is 0.310 e. The second-order valence-electron chi connectivity index (χ2n) is 4.16. The molecule has 0 amide bonds. The van der Waals surface area contributed by atoms with Crippen LogP contribution in [-0.4, -0.2) is 32.1 Å². The van der Waals surface area contributed by atoms with Gasteiger partial charge >= 0.3 is 0 Å². The first kappa shape index (κ1) is 12.7. The SMILES string of the molecule is CCCNC(CCN(C)C)c1ccsc1. The molecule has 0 spiro atoms. The Morgan fingerprint density at radius 1 is 1.47 bits per heavy atom. The van der Waals surface area contributed by atoms with Crippen LogP contribution in [-0.2, 0) is 0 Å². The summed E-state index contributed by atoms with van der Waals surface area (Å²) in [5, 5.41) is 8.02. The summed E-state index contributed by atoms with van der Waals surface area (Å²) in [6, 6.07) is 2.76. The fourth-order valence-corrected chi connectivity index (χ4v) is 2.28. The van der Waals surface area contributed by atoms with Gasteiger partial charge in [-0.25, -0.2) is 0 Å². The zero-order valence-electron chi connectivity index (χ0n) is 9.99. The van der Waals surface area contributed by atoms with Crippen LogP contribution in [0.4, 0.5) is 0 Å². The van der Waals surface area contributed by atoms with Crippen LogP contribution in [0.5, 0.6) is 0 Å². The standard InChI is InChI=1S/C12H22N2S/c1-4-7-13-12(5-8-14(2)3)11-6-9-15-10-11/h6,9-10,12-13H,4-5,7-8H2,1-3H3. The van der Waals surface area contributed by atoms with Gasteiger partial charge in [0.15, 0.2) is 0 Å². The maximum Gasteiger partial charge on any atom is 0.0340 e. The van der Waals surface area contributed by atoms with Gasteiger partial charge < -0.3 is 10.2 Å². The average molecular weight is 226 g/mol. The van der Waals surface area contributed by atoms with Crippen LogP contribution in [0.2, 0.25) is 0 Å². The van der Waals surface area contributed by atoms with Crippen molar-refractivity contribution in [3.8, 4) is 0 Å². The molecular formula is C12H22N2S. The number of hydrogen-bond donors (Lipinski definition) is 1. The third kappa shape index (κ3) is 4.78. The van der Waals surface area contributed by atoms with Crippen molar-refractivity contribution in [2.24, 2.45) is 0 Å². The molecule has 86 valence electrons. The van der Waals surface area contributed by atoms with Crippen LogP contribution in [0.1, 0.15) is 31.4 Å². The predicted octanol–water partition coefficient (Wildman–Crippen LogP) is 2.74. The summed E-state index contributed by atoms with van der Waals surface area (Å²) >= 11 is 1.78. The Morgan fingerprint density at radius 3 is 2.80 bits per heavy atom. The van der Waals surface area contributed by atoms with Crippen LogP contribution in [0.15, 0.2) is 16.8 Å². The minimum absolute atomic E-state index is 0.526. The van der Waals surface area contributed by atoms with Gasteiger partial charge in [-0.15, -0.1) is 0 Å². The van der Waals surface area contributed by atoms with Gasteiger partial charge in [0, 0.05) is 6.04 Å². The van der Waals surface area contributed by atoms with E-state index < -0.39 is 0 Å². The Bertz CT molecular complexity index is 244. The smallest absolute Gasteiger partial charge is 0.0340 e. The molecule has 1 rings (SSSR count). The topological polar surface area (TPSA) is 15.3 Å². The summed E-state index contributed by atoms with van der Waals surface area (Å²) in [4.78, 5) is 2.24. The first-order valence-electron chi connectivity index (χ1n) is 5.64. The monoisotopic (exact) mass is 226 g/mol. The molecule has 0 aliphatic rings.